The SMILES string of the molecule is O=[N+]([O-])c1ccc(CC2=CC=CC2)cc1. The summed E-state index contributed by atoms with van der Waals surface area (Å²) in [6.45, 7) is 0. The van der Waals surface area contributed by atoms with Gasteiger partial charge in [0.05, 0.1) is 4.92 Å². The average Bonchev–Trinajstić information content (AvgIpc) is 2.71. The molecule has 0 spiro atoms. The first-order valence-corrected chi connectivity index (χ1v) is 4.83. The Morgan fingerprint density at radius 2 is 2.00 bits per heavy atom. The largest absolute Gasteiger partial charge is 0.269 e. The molecule has 3 nitrogen and oxygen atoms in total. The number of nitro groups is 1. The Morgan fingerprint density at radius 3 is 2.53 bits per heavy atom. The molecule has 0 aliphatic heterocycles. The highest BCUT2D eigenvalue weighted by Crippen LogP contribution is 2.18. The second-order valence-corrected chi connectivity index (χ2v) is 3.56. The summed E-state index contributed by atoms with van der Waals surface area (Å²) in [6.07, 6.45) is 8.13. The first-order valence-electron chi connectivity index (χ1n) is 4.83. The fraction of sp³-hybridized carbons (Fsp3) is 0.167. The molecule has 3 heteroatoms. The monoisotopic (exact) mass is 201 g/mol. The number of nitrogens with zero attached hydrogens (tertiary/aromatic N) is 1. The fourth-order valence-corrected chi connectivity index (χ4v) is 1.62. The number of rotatable bonds is 3. The van der Waals surface area contributed by atoms with Crippen LogP contribution in [0.25, 0.3) is 0 Å². The predicted octanol–water partition coefficient (Wildman–Crippen LogP) is 3.02. The van der Waals surface area contributed by atoms with Crippen molar-refractivity contribution in [3.8, 4) is 0 Å². The van der Waals surface area contributed by atoms with Crippen molar-refractivity contribution in [2.45, 2.75) is 12.8 Å². The summed E-state index contributed by atoms with van der Waals surface area (Å²) in [5.74, 6) is 0. The molecule has 1 aliphatic carbocycles. The highest BCUT2D eigenvalue weighted by atomic mass is 16.6. The Hall–Kier alpha value is -1.90. The van der Waals surface area contributed by atoms with Crippen molar-refractivity contribution in [3.05, 3.63) is 63.7 Å². The van der Waals surface area contributed by atoms with Gasteiger partial charge in [-0.25, -0.2) is 0 Å². The molecule has 0 bridgehead atoms. The second kappa shape index (κ2) is 4.09. The van der Waals surface area contributed by atoms with Gasteiger partial charge in [0.2, 0.25) is 0 Å². The molecule has 76 valence electrons. The van der Waals surface area contributed by atoms with Crippen LogP contribution in [0.1, 0.15) is 12.0 Å². The first-order chi connectivity index (χ1) is 7.25. The Labute approximate surface area is 87.9 Å². The summed E-state index contributed by atoms with van der Waals surface area (Å²) < 4.78 is 0. The second-order valence-electron chi connectivity index (χ2n) is 3.56. The van der Waals surface area contributed by atoms with E-state index in [-0.39, 0.29) is 10.6 Å². The predicted molar refractivity (Wildman–Crippen MR) is 58.6 cm³/mol. The Morgan fingerprint density at radius 1 is 1.27 bits per heavy atom. The lowest BCUT2D eigenvalue weighted by molar-refractivity contribution is -0.384. The van der Waals surface area contributed by atoms with E-state index in [1.54, 1.807) is 12.1 Å². The zero-order valence-electron chi connectivity index (χ0n) is 8.22. The van der Waals surface area contributed by atoms with E-state index in [9.17, 15) is 10.1 Å². The molecule has 1 aliphatic rings. The fourth-order valence-electron chi connectivity index (χ4n) is 1.62. The third kappa shape index (κ3) is 2.31. The van der Waals surface area contributed by atoms with Crippen molar-refractivity contribution >= 4 is 5.69 Å². The minimum Gasteiger partial charge on any atom is -0.258 e. The standard InChI is InChI=1S/C12H11NO2/c14-13(15)12-7-5-11(6-8-12)9-10-3-1-2-4-10/h1-3,5-8H,4,9H2. The molecule has 1 aromatic rings. The van der Waals surface area contributed by atoms with Crippen molar-refractivity contribution in [2.24, 2.45) is 0 Å². The molecular weight excluding hydrogens is 190 g/mol. The zero-order valence-corrected chi connectivity index (χ0v) is 8.22. The third-order valence-corrected chi connectivity index (χ3v) is 2.43. The van der Waals surface area contributed by atoms with Crippen molar-refractivity contribution in [1.82, 2.24) is 0 Å². The van der Waals surface area contributed by atoms with Crippen LogP contribution in [0.4, 0.5) is 5.69 Å². The van der Waals surface area contributed by atoms with Gasteiger partial charge < -0.3 is 0 Å². The molecule has 0 atom stereocenters. The Bertz CT molecular complexity index is 429. The number of nitro benzene ring substituents is 1. The molecule has 0 heterocycles. The molecular formula is C12H11NO2. The summed E-state index contributed by atoms with van der Waals surface area (Å²) in [7, 11) is 0. The molecule has 0 fully saturated rings. The van der Waals surface area contributed by atoms with E-state index >= 15 is 0 Å². The quantitative estimate of drug-likeness (QED) is 0.557. The number of hydrogen-bond donors (Lipinski definition) is 0. The van der Waals surface area contributed by atoms with E-state index in [1.165, 1.54) is 5.57 Å². The minimum absolute atomic E-state index is 0.150. The Kier molecular flexibility index (Phi) is 2.63. The van der Waals surface area contributed by atoms with Crippen molar-refractivity contribution in [2.75, 3.05) is 0 Å². The molecule has 0 N–H and O–H groups in total. The number of benzene rings is 1. The highest BCUT2D eigenvalue weighted by molar-refractivity contribution is 5.36. The lowest BCUT2D eigenvalue weighted by Crippen LogP contribution is -1.90. The van der Waals surface area contributed by atoms with Crippen molar-refractivity contribution in [1.29, 1.82) is 0 Å². The summed E-state index contributed by atoms with van der Waals surface area (Å²) in [5, 5.41) is 10.4. The molecule has 15 heavy (non-hydrogen) atoms. The molecule has 0 aromatic heterocycles. The topological polar surface area (TPSA) is 43.1 Å². The van der Waals surface area contributed by atoms with Gasteiger partial charge in [0, 0.05) is 12.1 Å². The third-order valence-electron chi connectivity index (χ3n) is 2.43. The number of allylic oxidation sites excluding steroid dienone is 4. The lowest BCUT2D eigenvalue weighted by atomic mass is 10.0. The highest BCUT2D eigenvalue weighted by Gasteiger charge is 2.05. The molecule has 0 amide bonds. The maximum Gasteiger partial charge on any atom is 0.269 e. The first kappa shape index (κ1) is 9.65. The molecule has 0 radical (unpaired) electrons. The lowest BCUT2D eigenvalue weighted by Gasteiger charge is -2.01. The molecule has 0 unspecified atom stereocenters. The summed E-state index contributed by atoms with van der Waals surface area (Å²) in [6, 6.07) is 6.74. The smallest absolute Gasteiger partial charge is 0.258 e. The van der Waals surface area contributed by atoms with Crippen LogP contribution >= 0.6 is 0 Å². The van der Waals surface area contributed by atoms with Gasteiger partial charge >= 0.3 is 0 Å². The van der Waals surface area contributed by atoms with Crippen LogP contribution in [-0.4, -0.2) is 4.92 Å². The summed E-state index contributed by atoms with van der Waals surface area (Å²) in [5.41, 5.74) is 2.62. The van der Waals surface area contributed by atoms with E-state index in [1.807, 2.05) is 18.2 Å². The van der Waals surface area contributed by atoms with Gasteiger partial charge in [-0.15, -0.1) is 0 Å². The van der Waals surface area contributed by atoms with Crippen LogP contribution in [0, 0.1) is 10.1 Å². The number of non-ortho nitro benzene ring substituents is 1. The van der Waals surface area contributed by atoms with Crippen LogP contribution in [-0.2, 0) is 6.42 Å². The van der Waals surface area contributed by atoms with Crippen molar-refractivity contribution < 1.29 is 4.92 Å². The Balaban J connectivity index is 2.07. The summed E-state index contributed by atoms with van der Waals surface area (Å²) in [4.78, 5) is 10.1. The van der Waals surface area contributed by atoms with Gasteiger partial charge in [0.1, 0.15) is 0 Å². The zero-order chi connectivity index (χ0) is 10.7. The van der Waals surface area contributed by atoms with Gasteiger partial charge in [0.15, 0.2) is 0 Å². The molecule has 0 saturated heterocycles. The van der Waals surface area contributed by atoms with Crippen LogP contribution in [0.2, 0.25) is 0 Å². The van der Waals surface area contributed by atoms with Crippen LogP contribution in [0.15, 0.2) is 48.1 Å². The summed E-state index contributed by atoms with van der Waals surface area (Å²) >= 11 is 0. The van der Waals surface area contributed by atoms with Gasteiger partial charge in [-0.2, -0.15) is 0 Å². The van der Waals surface area contributed by atoms with Crippen LogP contribution in [0.5, 0.6) is 0 Å². The van der Waals surface area contributed by atoms with E-state index in [2.05, 4.69) is 12.2 Å². The minimum atomic E-state index is -0.375. The average molecular weight is 201 g/mol. The van der Waals surface area contributed by atoms with Crippen LogP contribution < -0.4 is 0 Å². The molecule has 0 saturated carbocycles. The van der Waals surface area contributed by atoms with Crippen LogP contribution in [0.3, 0.4) is 0 Å². The van der Waals surface area contributed by atoms with Crippen molar-refractivity contribution in [3.63, 3.8) is 0 Å². The van der Waals surface area contributed by atoms with E-state index in [0.717, 1.165) is 18.4 Å². The van der Waals surface area contributed by atoms with E-state index < -0.39 is 0 Å². The maximum absolute atomic E-state index is 10.4. The molecule has 1 aromatic carbocycles. The van der Waals surface area contributed by atoms with E-state index in [0.29, 0.717) is 0 Å². The molecule has 2 rings (SSSR count). The maximum atomic E-state index is 10.4. The van der Waals surface area contributed by atoms with E-state index in [4.69, 9.17) is 0 Å². The van der Waals surface area contributed by atoms with Gasteiger partial charge in [-0.3, -0.25) is 10.1 Å². The van der Waals surface area contributed by atoms with Gasteiger partial charge in [0.25, 0.3) is 5.69 Å². The number of hydrogen-bond acceptors (Lipinski definition) is 2. The normalized spacial score (nSPS) is 14.0. The van der Waals surface area contributed by atoms with Gasteiger partial charge in [-0.1, -0.05) is 35.9 Å². The van der Waals surface area contributed by atoms with Gasteiger partial charge in [-0.05, 0) is 18.4 Å².